The van der Waals surface area contributed by atoms with Crippen LogP contribution in [0.3, 0.4) is 0 Å². The number of hydrogen-bond acceptors (Lipinski definition) is 4. The van der Waals surface area contributed by atoms with E-state index in [2.05, 4.69) is 10.3 Å². The molecule has 1 amide bonds. The van der Waals surface area contributed by atoms with Crippen LogP contribution in [-0.2, 0) is 11.2 Å². The van der Waals surface area contributed by atoms with E-state index in [1.807, 2.05) is 0 Å². The molecule has 0 unspecified atom stereocenters. The Morgan fingerprint density at radius 2 is 2.33 bits per heavy atom. The lowest BCUT2D eigenvalue weighted by molar-refractivity contribution is -0.115. The standard InChI is InChI=1S/C11H9ClFN3OS/c12-8-3-6(13)1-2-9(8)16-10(17)4-7-5-18-11(14)15-7/h1-3,5H,4H2,(H2,14,15)(H,16,17). The third kappa shape index (κ3) is 3.18. The summed E-state index contributed by atoms with van der Waals surface area (Å²) in [6.45, 7) is 0. The first-order chi connectivity index (χ1) is 8.54. The van der Waals surface area contributed by atoms with Gasteiger partial charge in [0.25, 0.3) is 0 Å². The van der Waals surface area contributed by atoms with Gasteiger partial charge in [-0.05, 0) is 18.2 Å². The zero-order chi connectivity index (χ0) is 13.1. The molecule has 1 heterocycles. The first-order valence-electron chi connectivity index (χ1n) is 4.99. The third-order valence-corrected chi connectivity index (χ3v) is 3.15. The Kier molecular flexibility index (Phi) is 3.78. The summed E-state index contributed by atoms with van der Waals surface area (Å²) in [5, 5.41) is 4.86. The molecule has 0 saturated heterocycles. The van der Waals surface area contributed by atoms with Crippen molar-refractivity contribution in [2.75, 3.05) is 11.1 Å². The molecule has 0 aliphatic rings. The quantitative estimate of drug-likeness (QED) is 0.911. The van der Waals surface area contributed by atoms with Crippen LogP contribution in [0.4, 0.5) is 15.2 Å². The second-order valence-electron chi connectivity index (χ2n) is 3.53. The molecule has 3 N–H and O–H groups in total. The van der Waals surface area contributed by atoms with Crippen LogP contribution in [0.25, 0.3) is 0 Å². The molecule has 0 aliphatic carbocycles. The first-order valence-corrected chi connectivity index (χ1v) is 6.25. The van der Waals surface area contributed by atoms with Crippen LogP contribution >= 0.6 is 22.9 Å². The molecule has 0 radical (unpaired) electrons. The molecule has 1 aromatic heterocycles. The smallest absolute Gasteiger partial charge is 0.230 e. The van der Waals surface area contributed by atoms with Crippen molar-refractivity contribution in [1.82, 2.24) is 4.98 Å². The molecular formula is C11H9ClFN3OS. The van der Waals surface area contributed by atoms with Gasteiger partial charge in [0.05, 0.1) is 22.8 Å². The second-order valence-corrected chi connectivity index (χ2v) is 4.82. The second kappa shape index (κ2) is 5.32. The van der Waals surface area contributed by atoms with Crippen molar-refractivity contribution in [2.45, 2.75) is 6.42 Å². The van der Waals surface area contributed by atoms with E-state index in [4.69, 9.17) is 17.3 Å². The summed E-state index contributed by atoms with van der Waals surface area (Å²) >= 11 is 7.06. The molecule has 0 spiro atoms. The maximum atomic E-state index is 12.8. The molecule has 0 atom stereocenters. The van der Waals surface area contributed by atoms with Crippen LogP contribution in [0.1, 0.15) is 5.69 Å². The number of carbonyl (C=O) groups excluding carboxylic acids is 1. The fourth-order valence-corrected chi connectivity index (χ4v) is 2.13. The van der Waals surface area contributed by atoms with Crippen LogP contribution in [0.2, 0.25) is 5.02 Å². The van der Waals surface area contributed by atoms with Gasteiger partial charge in [0.1, 0.15) is 5.82 Å². The van der Waals surface area contributed by atoms with Crippen molar-refractivity contribution in [2.24, 2.45) is 0 Å². The Hall–Kier alpha value is -1.66. The van der Waals surface area contributed by atoms with Crippen molar-refractivity contribution < 1.29 is 9.18 Å². The zero-order valence-corrected chi connectivity index (χ0v) is 10.7. The number of thiazole rings is 1. The Bertz CT molecular complexity index is 587. The molecule has 1 aromatic carbocycles. The molecule has 94 valence electrons. The Labute approximate surface area is 112 Å². The number of nitrogens with one attached hydrogen (secondary N) is 1. The number of hydrogen-bond donors (Lipinski definition) is 2. The molecular weight excluding hydrogens is 277 g/mol. The Morgan fingerprint density at radius 1 is 1.56 bits per heavy atom. The maximum Gasteiger partial charge on any atom is 0.230 e. The fraction of sp³-hybridized carbons (Fsp3) is 0.0909. The number of nitrogens with zero attached hydrogens (tertiary/aromatic N) is 1. The van der Waals surface area contributed by atoms with Gasteiger partial charge in [0.15, 0.2) is 5.13 Å². The van der Waals surface area contributed by atoms with E-state index >= 15 is 0 Å². The molecule has 2 rings (SSSR count). The predicted molar refractivity (Wildman–Crippen MR) is 70.3 cm³/mol. The number of amides is 1. The lowest BCUT2D eigenvalue weighted by atomic mass is 10.2. The monoisotopic (exact) mass is 285 g/mol. The number of nitrogens with two attached hydrogens (primary N) is 1. The van der Waals surface area contributed by atoms with Gasteiger partial charge in [0.2, 0.25) is 5.91 Å². The lowest BCUT2D eigenvalue weighted by Crippen LogP contribution is -2.15. The number of benzene rings is 1. The van der Waals surface area contributed by atoms with Gasteiger partial charge in [-0.3, -0.25) is 4.79 Å². The molecule has 0 aliphatic heterocycles. The lowest BCUT2D eigenvalue weighted by Gasteiger charge is -2.06. The SMILES string of the molecule is Nc1nc(CC(=O)Nc2ccc(F)cc2Cl)cs1. The van der Waals surface area contributed by atoms with Crippen LogP contribution in [0.5, 0.6) is 0 Å². The van der Waals surface area contributed by atoms with Gasteiger partial charge in [-0.25, -0.2) is 9.37 Å². The number of anilines is 2. The molecule has 0 fully saturated rings. The minimum absolute atomic E-state index is 0.0986. The molecule has 4 nitrogen and oxygen atoms in total. The van der Waals surface area contributed by atoms with E-state index in [1.54, 1.807) is 5.38 Å². The van der Waals surface area contributed by atoms with E-state index < -0.39 is 5.82 Å². The average Bonchev–Trinajstić information content (AvgIpc) is 2.68. The highest BCUT2D eigenvalue weighted by atomic mass is 35.5. The van der Waals surface area contributed by atoms with E-state index in [1.165, 1.54) is 23.5 Å². The van der Waals surface area contributed by atoms with Crippen molar-refractivity contribution >= 4 is 39.7 Å². The van der Waals surface area contributed by atoms with Gasteiger partial charge in [0, 0.05) is 5.38 Å². The van der Waals surface area contributed by atoms with E-state index in [0.717, 1.165) is 6.07 Å². The van der Waals surface area contributed by atoms with Gasteiger partial charge in [-0.15, -0.1) is 11.3 Å². The minimum atomic E-state index is -0.453. The third-order valence-electron chi connectivity index (χ3n) is 2.12. The first kappa shape index (κ1) is 12.8. The number of carbonyl (C=O) groups is 1. The van der Waals surface area contributed by atoms with Gasteiger partial charge in [-0.1, -0.05) is 11.6 Å². The van der Waals surface area contributed by atoms with Crippen LogP contribution in [0.15, 0.2) is 23.6 Å². The molecule has 18 heavy (non-hydrogen) atoms. The summed E-state index contributed by atoms with van der Waals surface area (Å²) in [6.07, 6.45) is 0.0986. The predicted octanol–water partition coefficient (Wildman–Crippen LogP) is 2.70. The summed E-state index contributed by atoms with van der Waals surface area (Å²) in [5.74, 6) is -0.737. The highest BCUT2D eigenvalue weighted by molar-refractivity contribution is 7.13. The molecule has 7 heteroatoms. The van der Waals surface area contributed by atoms with E-state index in [9.17, 15) is 9.18 Å². The Morgan fingerprint density at radius 3 is 2.94 bits per heavy atom. The van der Waals surface area contributed by atoms with Crippen molar-refractivity contribution in [1.29, 1.82) is 0 Å². The fourth-order valence-electron chi connectivity index (χ4n) is 1.35. The topological polar surface area (TPSA) is 68.0 Å². The highest BCUT2D eigenvalue weighted by Gasteiger charge is 2.09. The summed E-state index contributed by atoms with van der Waals surface area (Å²) in [4.78, 5) is 15.7. The molecule has 2 aromatic rings. The molecule has 0 bridgehead atoms. The maximum absolute atomic E-state index is 12.8. The number of rotatable bonds is 3. The van der Waals surface area contributed by atoms with Crippen LogP contribution in [-0.4, -0.2) is 10.9 Å². The minimum Gasteiger partial charge on any atom is -0.375 e. The average molecular weight is 286 g/mol. The largest absolute Gasteiger partial charge is 0.375 e. The van der Waals surface area contributed by atoms with E-state index in [-0.39, 0.29) is 17.4 Å². The van der Waals surface area contributed by atoms with Crippen molar-refractivity contribution in [3.63, 3.8) is 0 Å². The van der Waals surface area contributed by atoms with Crippen molar-refractivity contribution in [3.8, 4) is 0 Å². The molecule has 0 saturated carbocycles. The summed E-state index contributed by atoms with van der Waals surface area (Å²) in [6, 6.07) is 3.77. The van der Waals surface area contributed by atoms with Crippen LogP contribution < -0.4 is 11.1 Å². The number of halogens is 2. The summed E-state index contributed by atoms with van der Waals surface area (Å²) in [7, 11) is 0. The van der Waals surface area contributed by atoms with Gasteiger partial charge >= 0.3 is 0 Å². The van der Waals surface area contributed by atoms with Crippen LogP contribution in [0, 0.1) is 5.82 Å². The zero-order valence-electron chi connectivity index (χ0n) is 9.11. The van der Waals surface area contributed by atoms with Gasteiger partial charge < -0.3 is 11.1 Å². The summed E-state index contributed by atoms with van der Waals surface area (Å²) in [5.41, 5.74) is 6.42. The van der Waals surface area contributed by atoms with Gasteiger partial charge in [-0.2, -0.15) is 0 Å². The van der Waals surface area contributed by atoms with Crippen molar-refractivity contribution in [3.05, 3.63) is 40.1 Å². The number of nitrogen functional groups attached to an aromatic ring is 1. The van der Waals surface area contributed by atoms with E-state index in [0.29, 0.717) is 16.5 Å². The summed E-state index contributed by atoms with van der Waals surface area (Å²) < 4.78 is 12.8. The highest BCUT2D eigenvalue weighted by Crippen LogP contribution is 2.22. The Balaban J connectivity index is 2.03. The number of aromatic nitrogens is 1. The normalized spacial score (nSPS) is 10.3.